The molecule has 1 aliphatic rings. The fourth-order valence-electron chi connectivity index (χ4n) is 4.13. The molecule has 3 rings (SSSR count). The molecule has 0 atom stereocenters. The normalized spacial score (nSPS) is 16.9. The molecule has 0 saturated heterocycles. The summed E-state index contributed by atoms with van der Waals surface area (Å²) >= 11 is 0. The molecule has 1 aromatic carbocycles. The first kappa shape index (κ1) is 23.8. The van der Waals surface area contributed by atoms with E-state index in [-0.39, 0.29) is 12.0 Å². The largest absolute Gasteiger partial charge is 0.446 e. The molecule has 7 nitrogen and oxygen atoms in total. The van der Waals surface area contributed by atoms with E-state index >= 15 is 0 Å². The van der Waals surface area contributed by atoms with E-state index in [1.54, 1.807) is 18.3 Å². The van der Waals surface area contributed by atoms with Crippen LogP contribution in [0.3, 0.4) is 0 Å². The predicted octanol–water partition coefficient (Wildman–Crippen LogP) is 5.26. The van der Waals surface area contributed by atoms with Crippen molar-refractivity contribution in [1.29, 1.82) is 0 Å². The van der Waals surface area contributed by atoms with Crippen LogP contribution in [0.2, 0.25) is 0 Å². The molecule has 0 bridgehead atoms. The molecule has 2 amide bonds. The molecule has 1 heterocycles. The van der Waals surface area contributed by atoms with E-state index in [9.17, 15) is 9.59 Å². The highest BCUT2D eigenvalue weighted by atomic mass is 16.6. The number of nitrogens with zero attached hydrogens (tertiary/aromatic N) is 1. The average Bonchev–Trinajstić information content (AvgIpc) is 2.75. The second-order valence-corrected chi connectivity index (χ2v) is 8.07. The second kappa shape index (κ2) is 10.6. The highest BCUT2D eigenvalue weighted by Crippen LogP contribution is 2.31. The van der Waals surface area contributed by atoms with Crippen LogP contribution in [0.1, 0.15) is 45.1 Å². The number of aromatic nitrogens is 1. The summed E-state index contributed by atoms with van der Waals surface area (Å²) in [4.78, 5) is 27.8. The molecule has 1 saturated carbocycles. The zero-order valence-corrected chi connectivity index (χ0v) is 19.1. The third-order valence-electron chi connectivity index (χ3n) is 5.71. The number of carbonyl (C=O) groups excluding carboxylic acids is 2. The Balaban J connectivity index is 1.78. The van der Waals surface area contributed by atoms with Gasteiger partial charge in [-0.2, -0.15) is 0 Å². The monoisotopic (exact) mass is 446 g/mol. The van der Waals surface area contributed by atoms with E-state index in [1.165, 1.54) is 0 Å². The maximum atomic E-state index is 12.5. The second-order valence-electron chi connectivity index (χ2n) is 8.07. The summed E-state index contributed by atoms with van der Waals surface area (Å²) in [6, 6.07) is 5.79. The number of fused-ring (bicyclic) bond motifs is 1. The zero-order valence-electron chi connectivity index (χ0n) is 19.1. The van der Waals surface area contributed by atoms with Gasteiger partial charge in [0, 0.05) is 23.3 Å². The van der Waals surface area contributed by atoms with Gasteiger partial charge in [0.15, 0.2) is 0 Å². The number of anilines is 2. The summed E-state index contributed by atoms with van der Waals surface area (Å²) in [6.07, 6.45) is 10.7. The highest BCUT2D eigenvalue weighted by Gasteiger charge is 2.20. The number of ether oxygens (including phenoxy) is 1. The molecule has 1 fully saturated rings. The third kappa shape index (κ3) is 6.10. The van der Waals surface area contributed by atoms with Gasteiger partial charge in [0.05, 0.1) is 0 Å². The quantitative estimate of drug-likeness (QED) is 0.318. The van der Waals surface area contributed by atoms with Gasteiger partial charge in [-0.25, -0.2) is 9.78 Å². The standard InChI is InChI=1S/C26H30N4O3/c1-4-6-16(3)21(5-2)18-12-19-14-24(29-15-22(19)23(27)13-18)30-25(31)11-17-7-9-20(10-8-17)33-26(28)32/h4-6,11-15,20H,1,7-10,27H2,2-3H3,(H2,28,32)(H,29,30,31)/b16-6-,17-11?,21-5+. The number of hydrogen-bond acceptors (Lipinski definition) is 5. The van der Waals surface area contributed by atoms with Crippen molar-refractivity contribution < 1.29 is 14.3 Å². The average molecular weight is 447 g/mol. The van der Waals surface area contributed by atoms with Crippen molar-refractivity contribution in [2.75, 3.05) is 11.1 Å². The summed E-state index contributed by atoms with van der Waals surface area (Å²) in [5.74, 6) is 0.209. The third-order valence-corrected chi connectivity index (χ3v) is 5.71. The Morgan fingerprint density at radius 2 is 1.97 bits per heavy atom. The van der Waals surface area contributed by atoms with E-state index in [4.69, 9.17) is 16.2 Å². The van der Waals surface area contributed by atoms with Gasteiger partial charge in [0.25, 0.3) is 0 Å². The first-order valence-corrected chi connectivity index (χ1v) is 10.9. The Kier molecular flexibility index (Phi) is 7.66. The number of nitrogen functional groups attached to an aromatic ring is 1. The van der Waals surface area contributed by atoms with Crippen LogP contribution in [0, 0.1) is 0 Å². The van der Waals surface area contributed by atoms with E-state index in [2.05, 4.69) is 16.9 Å². The fraction of sp³-hybridized carbons (Fsp3) is 0.269. The van der Waals surface area contributed by atoms with Gasteiger partial charge >= 0.3 is 6.09 Å². The Hall–Kier alpha value is -3.87. The maximum absolute atomic E-state index is 12.5. The van der Waals surface area contributed by atoms with Crippen molar-refractivity contribution in [2.45, 2.75) is 45.6 Å². The minimum atomic E-state index is -0.759. The molecule has 0 aliphatic heterocycles. The van der Waals surface area contributed by atoms with E-state index < -0.39 is 6.09 Å². The lowest BCUT2D eigenvalue weighted by atomic mass is 9.92. The number of primary amides is 1. The summed E-state index contributed by atoms with van der Waals surface area (Å²) in [6.45, 7) is 7.77. The lowest BCUT2D eigenvalue weighted by molar-refractivity contribution is -0.112. The molecular formula is C26H30N4O3. The number of allylic oxidation sites excluding steroid dienone is 6. The van der Waals surface area contributed by atoms with Crippen LogP contribution < -0.4 is 16.8 Å². The summed E-state index contributed by atoms with van der Waals surface area (Å²) < 4.78 is 5.03. The first-order chi connectivity index (χ1) is 15.8. The lowest BCUT2D eigenvalue weighted by Crippen LogP contribution is -2.25. The summed E-state index contributed by atoms with van der Waals surface area (Å²) in [5.41, 5.74) is 16.1. The lowest BCUT2D eigenvalue weighted by Gasteiger charge is -2.23. The molecule has 7 heteroatoms. The molecule has 0 spiro atoms. The fourth-order valence-corrected chi connectivity index (χ4v) is 4.13. The first-order valence-electron chi connectivity index (χ1n) is 10.9. The minimum Gasteiger partial charge on any atom is -0.446 e. The van der Waals surface area contributed by atoms with Crippen LogP contribution in [0.5, 0.6) is 0 Å². The van der Waals surface area contributed by atoms with Crippen LogP contribution in [0.25, 0.3) is 16.3 Å². The molecule has 0 unspecified atom stereocenters. The predicted molar refractivity (Wildman–Crippen MR) is 133 cm³/mol. The molecule has 2 aromatic rings. The smallest absolute Gasteiger partial charge is 0.404 e. The SMILES string of the molecule is C=C/C=C(C)\C(=C/C)c1cc(N)c2cnc(NC(=O)C=C3CCC(OC(N)=O)CC3)cc2c1. The van der Waals surface area contributed by atoms with Crippen molar-refractivity contribution in [3.63, 3.8) is 0 Å². The Labute approximate surface area is 193 Å². The van der Waals surface area contributed by atoms with Gasteiger partial charge in [0.1, 0.15) is 11.9 Å². The number of nitrogens with two attached hydrogens (primary N) is 2. The van der Waals surface area contributed by atoms with Gasteiger partial charge in [-0.05, 0) is 79.8 Å². The van der Waals surface area contributed by atoms with Gasteiger partial charge in [-0.15, -0.1) is 0 Å². The molecule has 172 valence electrons. The van der Waals surface area contributed by atoms with E-state index in [0.29, 0.717) is 37.2 Å². The van der Waals surface area contributed by atoms with Gasteiger partial charge < -0.3 is 21.5 Å². The van der Waals surface area contributed by atoms with Crippen LogP contribution in [0.4, 0.5) is 16.3 Å². The zero-order chi connectivity index (χ0) is 24.0. The summed E-state index contributed by atoms with van der Waals surface area (Å²) in [7, 11) is 0. The van der Waals surface area contributed by atoms with Crippen molar-refractivity contribution in [2.24, 2.45) is 5.73 Å². The van der Waals surface area contributed by atoms with Crippen molar-refractivity contribution in [1.82, 2.24) is 4.98 Å². The van der Waals surface area contributed by atoms with Crippen LogP contribution >= 0.6 is 0 Å². The molecule has 33 heavy (non-hydrogen) atoms. The molecule has 1 aromatic heterocycles. The number of rotatable bonds is 6. The molecular weight excluding hydrogens is 416 g/mol. The number of pyridine rings is 1. The number of hydrogen-bond donors (Lipinski definition) is 3. The molecule has 0 radical (unpaired) electrons. The number of benzene rings is 1. The number of amides is 2. The Morgan fingerprint density at radius 1 is 1.24 bits per heavy atom. The maximum Gasteiger partial charge on any atom is 0.404 e. The van der Waals surface area contributed by atoms with Crippen LogP contribution in [-0.4, -0.2) is 23.1 Å². The Bertz CT molecular complexity index is 1170. The van der Waals surface area contributed by atoms with Crippen LogP contribution in [-0.2, 0) is 9.53 Å². The van der Waals surface area contributed by atoms with E-state index in [1.807, 2.05) is 44.2 Å². The van der Waals surface area contributed by atoms with Gasteiger partial charge in [-0.1, -0.05) is 30.4 Å². The molecule has 5 N–H and O–H groups in total. The van der Waals surface area contributed by atoms with Crippen molar-refractivity contribution in [3.05, 3.63) is 72.0 Å². The van der Waals surface area contributed by atoms with Gasteiger partial charge in [0.2, 0.25) is 5.91 Å². The molecule has 1 aliphatic carbocycles. The van der Waals surface area contributed by atoms with Crippen LogP contribution in [0.15, 0.2) is 66.4 Å². The topological polar surface area (TPSA) is 120 Å². The van der Waals surface area contributed by atoms with E-state index in [0.717, 1.165) is 33.1 Å². The minimum absolute atomic E-state index is 0.184. The number of nitrogens with one attached hydrogen (secondary N) is 1. The highest BCUT2D eigenvalue weighted by molar-refractivity contribution is 6.02. The Morgan fingerprint density at radius 3 is 2.61 bits per heavy atom. The van der Waals surface area contributed by atoms with Crippen molar-refractivity contribution in [3.8, 4) is 0 Å². The van der Waals surface area contributed by atoms with Gasteiger partial charge in [-0.3, -0.25) is 4.79 Å². The van der Waals surface area contributed by atoms with Crippen molar-refractivity contribution >= 4 is 39.9 Å². The summed E-state index contributed by atoms with van der Waals surface area (Å²) in [5, 5.41) is 4.55. The number of carbonyl (C=O) groups is 2.